The lowest BCUT2D eigenvalue weighted by molar-refractivity contribution is 0.174. The van der Waals surface area contributed by atoms with E-state index in [2.05, 4.69) is 27.9 Å². The van der Waals surface area contributed by atoms with Gasteiger partial charge in [0.2, 0.25) is 12.7 Å². The third kappa shape index (κ3) is 2.91. The summed E-state index contributed by atoms with van der Waals surface area (Å²) in [7, 11) is 0. The molecule has 110 valence electrons. The molecular formula is C16H19N3O2. The van der Waals surface area contributed by atoms with Crippen LogP contribution in [0.5, 0.6) is 11.5 Å². The van der Waals surface area contributed by atoms with E-state index in [1.807, 2.05) is 32.0 Å². The van der Waals surface area contributed by atoms with Crippen molar-refractivity contribution in [2.75, 3.05) is 18.2 Å². The highest BCUT2D eigenvalue weighted by atomic mass is 16.7. The molecule has 3 rings (SSSR count). The summed E-state index contributed by atoms with van der Waals surface area (Å²) in [6.45, 7) is 7.98. The van der Waals surface area contributed by atoms with E-state index in [-0.39, 0.29) is 0 Å². The first kappa shape index (κ1) is 13.7. The van der Waals surface area contributed by atoms with Gasteiger partial charge in [0.1, 0.15) is 0 Å². The molecule has 0 N–H and O–H groups in total. The molecule has 0 aliphatic carbocycles. The molecular weight excluding hydrogens is 266 g/mol. The number of ether oxygens (including phenoxy) is 2. The first-order valence-electron chi connectivity index (χ1n) is 7.11. The predicted molar refractivity (Wildman–Crippen MR) is 80.8 cm³/mol. The minimum Gasteiger partial charge on any atom is -0.454 e. The number of benzene rings is 1. The molecule has 21 heavy (non-hydrogen) atoms. The van der Waals surface area contributed by atoms with Crippen LogP contribution in [-0.2, 0) is 6.54 Å². The van der Waals surface area contributed by atoms with Crippen molar-refractivity contribution in [3.63, 3.8) is 0 Å². The zero-order chi connectivity index (χ0) is 14.8. The van der Waals surface area contributed by atoms with Crippen LogP contribution in [0.2, 0.25) is 0 Å². The van der Waals surface area contributed by atoms with Gasteiger partial charge >= 0.3 is 0 Å². The highest BCUT2D eigenvalue weighted by molar-refractivity contribution is 5.45. The molecule has 0 unspecified atom stereocenters. The van der Waals surface area contributed by atoms with Gasteiger partial charge in [-0.25, -0.2) is 9.97 Å². The van der Waals surface area contributed by atoms with Crippen molar-refractivity contribution in [3.05, 3.63) is 41.2 Å². The summed E-state index contributed by atoms with van der Waals surface area (Å²) >= 11 is 0. The van der Waals surface area contributed by atoms with Crippen molar-refractivity contribution < 1.29 is 9.47 Å². The van der Waals surface area contributed by atoms with Crippen LogP contribution in [0.15, 0.2) is 24.3 Å². The van der Waals surface area contributed by atoms with Crippen LogP contribution in [0.4, 0.5) is 5.95 Å². The van der Waals surface area contributed by atoms with Crippen LogP contribution in [0.3, 0.4) is 0 Å². The lowest BCUT2D eigenvalue weighted by Crippen LogP contribution is -2.24. The van der Waals surface area contributed by atoms with Gasteiger partial charge in [0.15, 0.2) is 11.5 Å². The van der Waals surface area contributed by atoms with Crippen molar-refractivity contribution >= 4 is 5.95 Å². The monoisotopic (exact) mass is 285 g/mol. The van der Waals surface area contributed by atoms with Gasteiger partial charge in [-0.3, -0.25) is 0 Å². The normalized spacial score (nSPS) is 12.5. The number of aryl methyl sites for hydroxylation is 2. The van der Waals surface area contributed by atoms with E-state index >= 15 is 0 Å². The third-order valence-electron chi connectivity index (χ3n) is 3.45. The van der Waals surface area contributed by atoms with E-state index < -0.39 is 0 Å². The number of aromatic nitrogens is 2. The quantitative estimate of drug-likeness (QED) is 0.864. The molecule has 0 amide bonds. The topological polar surface area (TPSA) is 47.5 Å². The van der Waals surface area contributed by atoms with Gasteiger partial charge in [0, 0.05) is 24.5 Å². The van der Waals surface area contributed by atoms with Crippen LogP contribution < -0.4 is 14.4 Å². The molecule has 1 aromatic heterocycles. The number of anilines is 1. The Morgan fingerprint density at radius 3 is 2.48 bits per heavy atom. The summed E-state index contributed by atoms with van der Waals surface area (Å²) in [6.07, 6.45) is 0. The van der Waals surface area contributed by atoms with E-state index in [1.54, 1.807) is 0 Å². The van der Waals surface area contributed by atoms with Crippen LogP contribution >= 0.6 is 0 Å². The fourth-order valence-electron chi connectivity index (χ4n) is 2.43. The summed E-state index contributed by atoms with van der Waals surface area (Å²) < 4.78 is 10.8. The van der Waals surface area contributed by atoms with Gasteiger partial charge in [-0.15, -0.1) is 0 Å². The second-order valence-corrected chi connectivity index (χ2v) is 5.15. The van der Waals surface area contributed by atoms with Gasteiger partial charge in [0.05, 0.1) is 0 Å². The Morgan fingerprint density at radius 2 is 1.76 bits per heavy atom. The molecule has 1 aromatic carbocycles. The van der Waals surface area contributed by atoms with Gasteiger partial charge in [0.25, 0.3) is 0 Å². The van der Waals surface area contributed by atoms with Gasteiger partial charge < -0.3 is 14.4 Å². The van der Waals surface area contributed by atoms with Crippen LogP contribution in [0, 0.1) is 13.8 Å². The summed E-state index contributed by atoms with van der Waals surface area (Å²) in [6, 6.07) is 8.01. The molecule has 0 bridgehead atoms. The molecule has 0 saturated carbocycles. The molecule has 0 saturated heterocycles. The van der Waals surface area contributed by atoms with Gasteiger partial charge in [-0.2, -0.15) is 0 Å². The Labute approximate surface area is 124 Å². The largest absolute Gasteiger partial charge is 0.454 e. The molecule has 2 aromatic rings. The van der Waals surface area contributed by atoms with Gasteiger partial charge in [-0.1, -0.05) is 6.07 Å². The third-order valence-corrected chi connectivity index (χ3v) is 3.45. The second kappa shape index (κ2) is 5.60. The number of fused-ring (bicyclic) bond motifs is 1. The molecule has 5 nitrogen and oxygen atoms in total. The van der Waals surface area contributed by atoms with Crippen LogP contribution in [0.25, 0.3) is 0 Å². The Hall–Kier alpha value is -2.30. The lowest BCUT2D eigenvalue weighted by Gasteiger charge is -2.21. The number of hydrogen-bond donors (Lipinski definition) is 0. The molecule has 0 spiro atoms. The van der Waals surface area contributed by atoms with E-state index in [0.717, 1.165) is 47.5 Å². The Morgan fingerprint density at radius 1 is 1.05 bits per heavy atom. The maximum atomic E-state index is 5.43. The molecule has 1 aliphatic rings. The van der Waals surface area contributed by atoms with Crippen molar-refractivity contribution in [3.8, 4) is 11.5 Å². The van der Waals surface area contributed by atoms with E-state index in [0.29, 0.717) is 6.79 Å². The average Bonchev–Trinajstić information content (AvgIpc) is 2.91. The van der Waals surface area contributed by atoms with Crippen molar-refractivity contribution in [1.82, 2.24) is 9.97 Å². The maximum absolute atomic E-state index is 5.43. The van der Waals surface area contributed by atoms with E-state index in [9.17, 15) is 0 Å². The summed E-state index contributed by atoms with van der Waals surface area (Å²) in [5, 5.41) is 0. The highest BCUT2D eigenvalue weighted by Crippen LogP contribution is 2.33. The summed E-state index contributed by atoms with van der Waals surface area (Å²) in [4.78, 5) is 11.2. The van der Waals surface area contributed by atoms with Gasteiger partial charge in [-0.05, 0) is 44.5 Å². The van der Waals surface area contributed by atoms with Crippen LogP contribution in [0.1, 0.15) is 23.9 Å². The molecule has 0 fully saturated rings. The maximum Gasteiger partial charge on any atom is 0.231 e. The zero-order valence-corrected chi connectivity index (χ0v) is 12.6. The highest BCUT2D eigenvalue weighted by Gasteiger charge is 2.15. The smallest absolute Gasteiger partial charge is 0.231 e. The molecule has 0 atom stereocenters. The number of hydrogen-bond acceptors (Lipinski definition) is 5. The number of nitrogens with zero attached hydrogens (tertiary/aromatic N) is 3. The standard InChI is InChI=1S/C16H19N3O2/c1-4-19(16-17-11(2)7-12(3)18-16)9-13-5-6-14-15(8-13)21-10-20-14/h5-8H,4,9-10H2,1-3H3. The molecule has 5 heteroatoms. The SMILES string of the molecule is CCN(Cc1ccc2c(c1)OCO2)c1nc(C)cc(C)n1. The fourth-order valence-corrected chi connectivity index (χ4v) is 2.43. The van der Waals surface area contributed by atoms with Crippen molar-refractivity contribution in [2.45, 2.75) is 27.3 Å². The number of rotatable bonds is 4. The van der Waals surface area contributed by atoms with Crippen molar-refractivity contribution in [1.29, 1.82) is 0 Å². The second-order valence-electron chi connectivity index (χ2n) is 5.15. The lowest BCUT2D eigenvalue weighted by atomic mass is 10.2. The first-order valence-corrected chi connectivity index (χ1v) is 7.11. The fraction of sp³-hybridized carbons (Fsp3) is 0.375. The molecule has 0 radical (unpaired) electrons. The molecule has 1 aliphatic heterocycles. The molecule has 2 heterocycles. The van der Waals surface area contributed by atoms with Crippen molar-refractivity contribution in [2.24, 2.45) is 0 Å². The summed E-state index contributed by atoms with van der Waals surface area (Å²) in [5.41, 5.74) is 3.13. The zero-order valence-electron chi connectivity index (χ0n) is 12.6. The average molecular weight is 285 g/mol. The van der Waals surface area contributed by atoms with Crippen LogP contribution in [-0.4, -0.2) is 23.3 Å². The van der Waals surface area contributed by atoms with E-state index in [1.165, 1.54) is 0 Å². The Kier molecular flexibility index (Phi) is 3.64. The predicted octanol–water partition coefficient (Wildman–Crippen LogP) is 2.85. The Bertz CT molecular complexity index is 638. The van der Waals surface area contributed by atoms with E-state index in [4.69, 9.17) is 9.47 Å². The minimum absolute atomic E-state index is 0.302. The Balaban J connectivity index is 1.84. The summed E-state index contributed by atoms with van der Waals surface area (Å²) in [5.74, 6) is 2.39. The first-order chi connectivity index (χ1) is 10.2. The minimum atomic E-state index is 0.302.